The molecule has 0 spiro atoms. The predicted molar refractivity (Wildman–Crippen MR) is 67.6 cm³/mol. The molecular weight excluding hydrogens is 268 g/mol. The van der Waals surface area contributed by atoms with E-state index < -0.39 is 0 Å². The normalized spacial score (nSPS) is 14.3. The number of carbonyl (C=O) groups is 2. The highest BCUT2D eigenvalue weighted by atomic mass is 35.5. The number of likely N-dealkylation sites (tertiary alicyclic amines) is 1. The molecule has 98 valence electrons. The van der Waals surface area contributed by atoms with Crippen molar-refractivity contribution in [2.45, 2.75) is 12.8 Å². The van der Waals surface area contributed by atoms with E-state index in [-0.39, 0.29) is 23.4 Å². The van der Waals surface area contributed by atoms with Crippen molar-refractivity contribution in [2.24, 2.45) is 0 Å². The average molecular weight is 279 g/mol. The van der Waals surface area contributed by atoms with Crippen molar-refractivity contribution >= 4 is 23.4 Å². The van der Waals surface area contributed by atoms with Gasteiger partial charge >= 0.3 is 0 Å². The third kappa shape index (κ3) is 3.04. The maximum absolute atomic E-state index is 11.7. The van der Waals surface area contributed by atoms with E-state index in [0.29, 0.717) is 30.7 Å². The SMILES string of the molecule is N#Cc1ccc(OCC(=O)N2CCCC2=O)c(Cl)c1. The lowest BCUT2D eigenvalue weighted by Gasteiger charge is -2.14. The van der Waals surface area contributed by atoms with Crippen LogP contribution in [0.1, 0.15) is 18.4 Å². The summed E-state index contributed by atoms with van der Waals surface area (Å²) in [7, 11) is 0. The number of hydrogen-bond acceptors (Lipinski definition) is 4. The summed E-state index contributed by atoms with van der Waals surface area (Å²) < 4.78 is 5.27. The molecule has 1 heterocycles. The molecule has 0 unspecified atom stereocenters. The van der Waals surface area contributed by atoms with Gasteiger partial charge in [0, 0.05) is 13.0 Å². The molecule has 0 saturated carbocycles. The van der Waals surface area contributed by atoms with E-state index in [2.05, 4.69) is 0 Å². The Morgan fingerprint density at radius 2 is 2.32 bits per heavy atom. The topological polar surface area (TPSA) is 70.4 Å². The van der Waals surface area contributed by atoms with Gasteiger partial charge in [0.15, 0.2) is 6.61 Å². The fourth-order valence-electron chi connectivity index (χ4n) is 1.82. The zero-order chi connectivity index (χ0) is 13.8. The molecule has 19 heavy (non-hydrogen) atoms. The number of carbonyl (C=O) groups excluding carboxylic acids is 2. The van der Waals surface area contributed by atoms with Crippen molar-refractivity contribution < 1.29 is 14.3 Å². The van der Waals surface area contributed by atoms with E-state index in [9.17, 15) is 9.59 Å². The second-order valence-corrected chi connectivity index (χ2v) is 4.50. The summed E-state index contributed by atoms with van der Waals surface area (Å²) in [5.41, 5.74) is 0.415. The molecule has 2 amide bonds. The molecular formula is C13H11ClN2O3. The lowest BCUT2D eigenvalue weighted by Crippen LogP contribution is -2.35. The maximum atomic E-state index is 11.7. The Bertz CT molecular complexity index is 565. The van der Waals surface area contributed by atoms with Crippen LogP contribution in [0.4, 0.5) is 0 Å². The second kappa shape index (κ2) is 5.72. The third-order valence-electron chi connectivity index (χ3n) is 2.79. The molecule has 0 N–H and O–H groups in total. The number of imide groups is 1. The van der Waals surface area contributed by atoms with Gasteiger partial charge in [-0.15, -0.1) is 0 Å². The monoisotopic (exact) mass is 278 g/mol. The minimum atomic E-state index is -0.372. The molecule has 0 atom stereocenters. The third-order valence-corrected chi connectivity index (χ3v) is 3.08. The van der Waals surface area contributed by atoms with E-state index in [1.54, 1.807) is 6.07 Å². The van der Waals surface area contributed by atoms with Gasteiger partial charge in [0.1, 0.15) is 5.75 Å². The van der Waals surface area contributed by atoms with Crippen LogP contribution in [0.25, 0.3) is 0 Å². The molecule has 1 aromatic rings. The van der Waals surface area contributed by atoms with Crippen LogP contribution in [0.2, 0.25) is 5.02 Å². The highest BCUT2D eigenvalue weighted by Crippen LogP contribution is 2.25. The van der Waals surface area contributed by atoms with Crippen LogP contribution in [-0.4, -0.2) is 29.9 Å². The molecule has 0 aromatic heterocycles. The first-order valence-corrected chi connectivity index (χ1v) is 6.15. The summed E-state index contributed by atoms with van der Waals surface area (Å²) in [4.78, 5) is 24.3. The Morgan fingerprint density at radius 3 is 2.89 bits per heavy atom. The van der Waals surface area contributed by atoms with Crippen LogP contribution in [0.3, 0.4) is 0 Å². The van der Waals surface area contributed by atoms with Gasteiger partial charge in [-0.25, -0.2) is 0 Å². The highest BCUT2D eigenvalue weighted by molar-refractivity contribution is 6.32. The van der Waals surface area contributed by atoms with Gasteiger partial charge in [-0.2, -0.15) is 5.26 Å². The first-order chi connectivity index (χ1) is 9.11. The Hall–Kier alpha value is -2.06. The molecule has 6 heteroatoms. The van der Waals surface area contributed by atoms with Crippen LogP contribution in [0.15, 0.2) is 18.2 Å². The first-order valence-electron chi connectivity index (χ1n) is 5.77. The number of rotatable bonds is 3. The predicted octanol–water partition coefficient (Wildman–Crippen LogP) is 1.74. The summed E-state index contributed by atoms with van der Waals surface area (Å²) >= 11 is 5.91. The smallest absolute Gasteiger partial charge is 0.267 e. The Kier molecular flexibility index (Phi) is 4.03. The number of nitriles is 1. The van der Waals surface area contributed by atoms with Crippen molar-refractivity contribution in [1.29, 1.82) is 5.26 Å². The van der Waals surface area contributed by atoms with E-state index in [4.69, 9.17) is 21.6 Å². The molecule has 0 radical (unpaired) electrons. The van der Waals surface area contributed by atoms with Gasteiger partial charge in [-0.1, -0.05) is 11.6 Å². The van der Waals surface area contributed by atoms with Crippen molar-refractivity contribution in [3.8, 4) is 11.8 Å². The highest BCUT2D eigenvalue weighted by Gasteiger charge is 2.26. The number of hydrogen-bond donors (Lipinski definition) is 0. The van der Waals surface area contributed by atoms with E-state index in [0.717, 1.165) is 0 Å². The van der Waals surface area contributed by atoms with Gasteiger partial charge in [0.25, 0.3) is 5.91 Å². The van der Waals surface area contributed by atoms with Crippen LogP contribution in [0, 0.1) is 11.3 Å². The summed E-state index contributed by atoms with van der Waals surface area (Å²) in [5, 5.41) is 8.96. The van der Waals surface area contributed by atoms with Crippen molar-refractivity contribution in [2.75, 3.05) is 13.2 Å². The summed E-state index contributed by atoms with van der Waals surface area (Å²) in [6.07, 6.45) is 1.10. The van der Waals surface area contributed by atoms with Gasteiger partial charge < -0.3 is 4.74 Å². The fraction of sp³-hybridized carbons (Fsp3) is 0.308. The lowest BCUT2D eigenvalue weighted by molar-refractivity contribution is -0.143. The molecule has 0 aliphatic carbocycles. The number of ether oxygens (including phenoxy) is 1. The zero-order valence-corrected chi connectivity index (χ0v) is 10.8. The second-order valence-electron chi connectivity index (χ2n) is 4.09. The van der Waals surface area contributed by atoms with E-state index >= 15 is 0 Å². The van der Waals surface area contributed by atoms with Crippen LogP contribution >= 0.6 is 11.6 Å². The molecule has 2 rings (SSSR count). The van der Waals surface area contributed by atoms with Crippen LogP contribution < -0.4 is 4.74 Å². The minimum Gasteiger partial charge on any atom is -0.482 e. The van der Waals surface area contributed by atoms with Gasteiger partial charge in [-0.3, -0.25) is 14.5 Å². The van der Waals surface area contributed by atoms with Gasteiger partial charge in [0.2, 0.25) is 5.91 Å². The fourth-order valence-corrected chi connectivity index (χ4v) is 2.05. The Labute approximate surface area is 115 Å². The maximum Gasteiger partial charge on any atom is 0.267 e. The Balaban J connectivity index is 1.97. The quantitative estimate of drug-likeness (QED) is 0.844. The number of nitrogens with zero attached hydrogens (tertiary/aromatic N) is 2. The van der Waals surface area contributed by atoms with E-state index in [1.807, 2.05) is 6.07 Å². The largest absolute Gasteiger partial charge is 0.482 e. The number of benzene rings is 1. The molecule has 1 aromatic carbocycles. The number of amides is 2. The van der Waals surface area contributed by atoms with Crippen LogP contribution in [-0.2, 0) is 9.59 Å². The van der Waals surface area contributed by atoms with Gasteiger partial charge in [0.05, 0.1) is 16.7 Å². The zero-order valence-electron chi connectivity index (χ0n) is 10.1. The molecule has 1 aliphatic heterocycles. The molecule has 1 saturated heterocycles. The van der Waals surface area contributed by atoms with Crippen molar-refractivity contribution in [3.63, 3.8) is 0 Å². The Morgan fingerprint density at radius 1 is 1.53 bits per heavy atom. The lowest BCUT2D eigenvalue weighted by atomic mass is 10.2. The number of halogens is 1. The van der Waals surface area contributed by atoms with Crippen molar-refractivity contribution in [1.82, 2.24) is 4.90 Å². The van der Waals surface area contributed by atoms with Gasteiger partial charge in [-0.05, 0) is 24.6 Å². The standard InChI is InChI=1S/C13H11ClN2O3/c14-10-6-9(7-15)3-4-11(10)19-8-13(18)16-5-1-2-12(16)17/h3-4,6H,1-2,5,8H2. The summed E-state index contributed by atoms with van der Waals surface area (Å²) in [6, 6.07) is 6.49. The van der Waals surface area contributed by atoms with Crippen LogP contribution in [0.5, 0.6) is 5.75 Å². The molecule has 5 nitrogen and oxygen atoms in total. The minimum absolute atomic E-state index is 0.167. The first kappa shape index (κ1) is 13.4. The average Bonchev–Trinajstić information content (AvgIpc) is 2.83. The molecule has 1 aliphatic rings. The van der Waals surface area contributed by atoms with E-state index in [1.165, 1.54) is 17.0 Å². The summed E-state index contributed by atoms with van der Waals surface area (Å²) in [6.45, 7) is 0.208. The van der Waals surface area contributed by atoms with Crippen molar-refractivity contribution in [3.05, 3.63) is 28.8 Å². The molecule has 1 fully saturated rings. The summed E-state index contributed by atoms with van der Waals surface area (Å²) in [5.74, 6) is -0.219. The molecule has 0 bridgehead atoms.